The molecule has 0 aromatic heterocycles. The van der Waals surface area contributed by atoms with E-state index in [0.717, 1.165) is 28.6 Å². The molecule has 3 aromatic rings. The van der Waals surface area contributed by atoms with Crippen molar-refractivity contribution in [2.24, 2.45) is 0 Å². The minimum atomic E-state index is -4.46. The molecule has 1 atom stereocenters. The Bertz CT molecular complexity index is 1230. The van der Waals surface area contributed by atoms with Gasteiger partial charge in [0.1, 0.15) is 0 Å². The minimum Gasteiger partial charge on any atom is -0.367 e. The van der Waals surface area contributed by atoms with Gasteiger partial charge in [-0.1, -0.05) is 54.6 Å². The Morgan fingerprint density at radius 2 is 1.56 bits per heavy atom. The van der Waals surface area contributed by atoms with Gasteiger partial charge in [-0.25, -0.2) is 8.42 Å². The highest BCUT2D eigenvalue weighted by Crippen LogP contribution is 2.30. The third-order valence-electron chi connectivity index (χ3n) is 5.08. The number of alkyl halides is 3. The van der Waals surface area contributed by atoms with Gasteiger partial charge in [-0.2, -0.15) is 17.5 Å². The second-order valence-corrected chi connectivity index (χ2v) is 9.43. The van der Waals surface area contributed by atoms with Gasteiger partial charge < -0.3 is 4.74 Å². The zero-order chi connectivity index (χ0) is 24.9. The van der Waals surface area contributed by atoms with E-state index in [0.29, 0.717) is 11.1 Å². The zero-order valence-electron chi connectivity index (χ0n) is 18.0. The number of halogens is 3. The standard InChI is InChI=1S/C23H21F3N2O5S/c1-27(34(31,32)22-10-6-5-9-20(22)28(29)30)15-21(18-7-3-2-4-8-18)33-16-17-11-13-19(14-12-17)23(24,25)26/h2-14,21H,15-16H2,1H3. The fraction of sp³-hybridized carbons (Fsp3) is 0.217. The molecule has 0 bridgehead atoms. The summed E-state index contributed by atoms with van der Waals surface area (Å²) in [5.41, 5.74) is -0.223. The highest BCUT2D eigenvalue weighted by Gasteiger charge is 2.32. The molecule has 0 fully saturated rings. The molecule has 3 rings (SSSR count). The molecule has 1 unspecified atom stereocenters. The number of nitro groups is 1. The number of likely N-dealkylation sites (N-methyl/N-ethyl adjacent to an activating group) is 1. The van der Waals surface area contributed by atoms with E-state index >= 15 is 0 Å². The number of nitro benzene ring substituents is 1. The molecule has 0 N–H and O–H groups in total. The SMILES string of the molecule is CN(CC(OCc1ccc(C(F)(F)F)cc1)c1ccccc1)S(=O)(=O)c1ccccc1[N+](=O)[O-]. The molecule has 0 aliphatic carbocycles. The minimum absolute atomic E-state index is 0.0724. The van der Waals surface area contributed by atoms with Crippen LogP contribution in [0.3, 0.4) is 0 Å². The summed E-state index contributed by atoms with van der Waals surface area (Å²) in [4.78, 5) is 10.1. The van der Waals surface area contributed by atoms with Crippen LogP contribution in [0, 0.1) is 10.1 Å². The van der Waals surface area contributed by atoms with Crippen LogP contribution in [0.4, 0.5) is 18.9 Å². The Morgan fingerprint density at radius 3 is 2.15 bits per heavy atom. The lowest BCUT2D eigenvalue weighted by atomic mass is 10.1. The lowest BCUT2D eigenvalue weighted by Gasteiger charge is -2.24. The number of ether oxygens (including phenoxy) is 1. The largest absolute Gasteiger partial charge is 0.416 e. The first kappa shape index (κ1) is 25.3. The van der Waals surface area contributed by atoms with E-state index in [1.165, 1.54) is 31.3 Å². The van der Waals surface area contributed by atoms with Gasteiger partial charge in [-0.05, 0) is 29.3 Å². The van der Waals surface area contributed by atoms with E-state index in [-0.39, 0.29) is 13.2 Å². The van der Waals surface area contributed by atoms with Crippen LogP contribution in [-0.4, -0.2) is 31.2 Å². The molecule has 0 saturated heterocycles. The van der Waals surface area contributed by atoms with Crippen molar-refractivity contribution in [3.8, 4) is 0 Å². The summed E-state index contributed by atoms with van der Waals surface area (Å²) in [6, 6.07) is 18.2. The molecule has 34 heavy (non-hydrogen) atoms. The molecule has 0 radical (unpaired) electrons. The van der Waals surface area contributed by atoms with Gasteiger partial charge in [0.05, 0.1) is 23.2 Å². The summed E-state index contributed by atoms with van der Waals surface area (Å²) < 4.78 is 71.4. The van der Waals surface area contributed by atoms with Crippen LogP contribution in [0.1, 0.15) is 22.8 Å². The first-order chi connectivity index (χ1) is 16.0. The van der Waals surface area contributed by atoms with Crippen molar-refractivity contribution < 1.29 is 31.2 Å². The molecule has 0 heterocycles. The number of nitrogens with zero attached hydrogens (tertiary/aromatic N) is 2. The Hall–Kier alpha value is -3.28. The Labute approximate surface area is 194 Å². The lowest BCUT2D eigenvalue weighted by molar-refractivity contribution is -0.387. The Morgan fingerprint density at radius 1 is 0.971 bits per heavy atom. The second kappa shape index (κ2) is 10.3. The van der Waals surface area contributed by atoms with E-state index in [1.54, 1.807) is 30.3 Å². The first-order valence-electron chi connectivity index (χ1n) is 10.0. The van der Waals surface area contributed by atoms with Gasteiger partial charge in [0.25, 0.3) is 5.69 Å². The average Bonchev–Trinajstić information content (AvgIpc) is 2.81. The van der Waals surface area contributed by atoms with Crippen molar-refractivity contribution in [1.82, 2.24) is 4.31 Å². The van der Waals surface area contributed by atoms with Gasteiger partial charge >= 0.3 is 6.18 Å². The molecule has 0 amide bonds. The highest BCUT2D eigenvalue weighted by molar-refractivity contribution is 7.89. The van der Waals surface area contributed by atoms with Crippen LogP contribution in [-0.2, 0) is 27.5 Å². The van der Waals surface area contributed by atoms with E-state index in [9.17, 15) is 31.7 Å². The van der Waals surface area contributed by atoms with Gasteiger partial charge in [0.2, 0.25) is 10.0 Å². The maximum Gasteiger partial charge on any atom is 0.416 e. The van der Waals surface area contributed by atoms with Gasteiger partial charge in [0, 0.05) is 19.7 Å². The lowest BCUT2D eigenvalue weighted by Crippen LogP contribution is -2.32. The first-order valence-corrected chi connectivity index (χ1v) is 11.5. The topological polar surface area (TPSA) is 89.8 Å². The van der Waals surface area contributed by atoms with Crippen molar-refractivity contribution in [3.63, 3.8) is 0 Å². The molecule has 7 nitrogen and oxygen atoms in total. The maximum absolute atomic E-state index is 13.1. The van der Waals surface area contributed by atoms with E-state index in [1.807, 2.05) is 0 Å². The quantitative estimate of drug-likeness (QED) is 0.302. The van der Waals surface area contributed by atoms with E-state index < -0.39 is 43.4 Å². The van der Waals surface area contributed by atoms with Gasteiger partial charge in [-0.3, -0.25) is 10.1 Å². The molecule has 0 aliphatic heterocycles. The van der Waals surface area contributed by atoms with Gasteiger partial charge in [-0.15, -0.1) is 0 Å². The predicted octanol–water partition coefficient (Wildman–Crippen LogP) is 5.19. The van der Waals surface area contributed by atoms with Crippen molar-refractivity contribution in [2.75, 3.05) is 13.6 Å². The molecule has 0 aliphatic rings. The van der Waals surface area contributed by atoms with Crippen molar-refractivity contribution in [1.29, 1.82) is 0 Å². The normalized spacial score (nSPS) is 13.1. The third-order valence-corrected chi connectivity index (χ3v) is 6.95. The number of hydrogen-bond donors (Lipinski definition) is 0. The number of benzene rings is 3. The van der Waals surface area contributed by atoms with Crippen molar-refractivity contribution in [2.45, 2.75) is 23.8 Å². The van der Waals surface area contributed by atoms with Crippen LogP contribution >= 0.6 is 0 Å². The summed E-state index contributed by atoms with van der Waals surface area (Å²) in [7, 11) is -2.95. The number of sulfonamides is 1. The van der Waals surface area contributed by atoms with Crippen molar-refractivity contribution in [3.05, 3.63) is 106 Å². The number of rotatable bonds is 9. The van der Waals surface area contributed by atoms with Crippen LogP contribution in [0.2, 0.25) is 0 Å². The van der Waals surface area contributed by atoms with Crippen LogP contribution in [0.15, 0.2) is 83.8 Å². The molecular weight excluding hydrogens is 473 g/mol. The van der Waals surface area contributed by atoms with Gasteiger partial charge in [0.15, 0.2) is 4.90 Å². The molecular formula is C23H21F3N2O5S. The Balaban J connectivity index is 1.82. The monoisotopic (exact) mass is 494 g/mol. The summed E-state index contributed by atoms with van der Waals surface area (Å²) in [5, 5.41) is 11.3. The fourth-order valence-corrected chi connectivity index (χ4v) is 4.56. The smallest absolute Gasteiger partial charge is 0.367 e. The number of hydrogen-bond acceptors (Lipinski definition) is 5. The summed E-state index contributed by atoms with van der Waals surface area (Å²) >= 11 is 0. The van der Waals surface area contributed by atoms with E-state index in [2.05, 4.69) is 0 Å². The Kier molecular flexibility index (Phi) is 7.70. The fourth-order valence-electron chi connectivity index (χ4n) is 3.23. The highest BCUT2D eigenvalue weighted by atomic mass is 32.2. The van der Waals surface area contributed by atoms with Crippen LogP contribution in [0.5, 0.6) is 0 Å². The average molecular weight is 494 g/mol. The van der Waals surface area contributed by atoms with Crippen LogP contribution < -0.4 is 0 Å². The van der Waals surface area contributed by atoms with E-state index in [4.69, 9.17) is 4.74 Å². The predicted molar refractivity (Wildman–Crippen MR) is 118 cm³/mol. The summed E-state index contributed by atoms with van der Waals surface area (Å²) in [6.07, 6.45) is -5.24. The molecule has 180 valence electrons. The molecule has 0 spiro atoms. The molecule has 3 aromatic carbocycles. The number of para-hydroxylation sites is 1. The maximum atomic E-state index is 13.1. The molecule has 11 heteroatoms. The second-order valence-electron chi connectivity index (χ2n) is 7.42. The van der Waals surface area contributed by atoms with Crippen LogP contribution in [0.25, 0.3) is 0 Å². The molecule has 0 saturated carbocycles. The zero-order valence-corrected chi connectivity index (χ0v) is 18.8. The summed E-state index contributed by atoms with van der Waals surface area (Å²) in [6.45, 7) is -0.254. The third kappa shape index (κ3) is 5.99. The summed E-state index contributed by atoms with van der Waals surface area (Å²) in [5.74, 6) is 0. The van der Waals surface area contributed by atoms with Crippen molar-refractivity contribution >= 4 is 15.7 Å².